The molecule has 1 heterocycles. The van der Waals surface area contributed by atoms with Crippen LogP contribution in [-0.2, 0) is 0 Å². The van der Waals surface area contributed by atoms with Crippen molar-refractivity contribution in [3.8, 4) is 0 Å². The van der Waals surface area contributed by atoms with Crippen LogP contribution in [0.25, 0.3) is 0 Å². The van der Waals surface area contributed by atoms with E-state index in [9.17, 15) is 10.2 Å². The summed E-state index contributed by atoms with van der Waals surface area (Å²) in [4.78, 5) is 0. The van der Waals surface area contributed by atoms with E-state index in [0.717, 1.165) is 55.9 Å². The molecule has 2 nitrogen and oxygen atoms in total. The van der Waals surface area contributed by atoms with Crippen LogP contribution in [0.2, 0.25) is 0 Å². The van der Waals surface area contributed by atoms with Crippen LogP contribution in [0.4, 0.5) is 0 Å². The molecule has 17 heavy (non-hydrogen) atoms. The zero-order valence-corrected chi connectivity index (χ0v) is 11.8. The summed E-state index contributed by atoms with van der Waals surface area (Å²) >= 11 is 1.96. The van der Waals surface area contributed by atoms with Gasteiger partial charge in [-0.1, -0.05) is 13.3 Å². The van der Waals surface area contributed by atoms with Crippen LogP contribution < -0.4 is 0 Å². The smallest absolute Gasteiger partial charge is 0.0726 e. The van der Waals surface area contributed by atoms with Gasteiger partial charge in [-0.15, -0.1) is 0 Å². The fourth-order valence-electron chi connectivity index (χ4n) is 3.63. The van der Waals surface area contributed by atoms with Gasteiger partial charge in [-0.2, -0.15) is 11.8 Å². The van der Waals surface area contributed by atoms with E-state index < -0.39 is 5.60 Å². The largest absolute Gasteiger partial charge is 0.396 e. The van der Waals surface area contributed by atoms with Crippen molar-refractivity contribution in [1.82, 2.24) is 0 Å². The number of aliphatic hydroxyl groups excluding tert-OH is 1. The van der Waals surface area contributed by atoms with Crippen molar-refractivity contribution < 1.29 is 10.2 Å². The van der Waals surface area contributed by atoms with Crippen molar-refractivity contribution in [3.05, 3.63) is 0 Å². The summed E-state index contributed by atoms with van der Waals surface area (Å²) in [6, 6.07) is 0. The first-order valence-electron chi connectivity index (χ1n) is 7.07. The molecule has 3 heteroatoms. The lowest BCUT2D eigenvalue weighted by Crippen LogP contribution is -2.54. The fraction of sp³-hybridized carbons (Fsp3) is 1.00. The maximum absolute atomic E-state index is 11.0. The average Bonchev–Trinajstić information content (AvgIpc) is 2.40. The maximum atomic E-state index is 11.0. The molecule has 0 aromatic carbocycles. The van der Waals surface area contributed by atoms with Crippen LogP contribution in [-0.4, -0.2) is 33.9 Å². The predicted molar refractivity (Wildman–Crippen MR) is 73.3 cm³/mol. The third kappa shape index (κ3) is 2.52. The average molecular weight is 258 g/mol. The van der Waals surface area contributed by atoms with Gasteiger partial charge in [-0.05, 0) is 55.9 Å². The van der Waals surface area contributed by atoms with E-state index in [1.807, 2.05) is 11.8 Å². The lowest BCUT2D eigenvalue weighted by molar-refractivity contribution is -0.141. The van der Waals surface area contributed by atoms with Gasteiger partial charge in [0.25, 0.3) is 0 Å². The Morgan fingerprint density at radius 1 is 1.12 bits per heavy atom. The minimum Gasteiger partial charge on any atom is -0.396 e. The summed E-state index contributed by atoms with van der Waals surface area (Å²) in [6.07, 6.45) is 7.29. The third-order valence-corrected chi connectivity index (χ3v) is 6.24. The number of aliphatic hydroxyl groups is 2. The molecule has 1 saturated carbocycles. The lowest BCUT2D eigenvalue weighted by Gasteiger charge is -2.51. The van der Waals surface area contributed by atoms with Gasteiger partial charge < -0.3 is 10.2 Å². The van der Waals surface area contributed by atoms with Gasteiger partial charge in [0.1, 0.15) is 0 Å². The Hall–Kier alpha value is 0.270. The van der Waals surface area contributed by atoms with E-state index in [2.05, 4.69) is 6.92 Å². The molecule has 1 aliphatic heterocycles. The van der Waals surface area contributed by atoms with Crippen molar-refractivity contribution >= 4 is 11.8 Å². The summed E-state index contributed by atoms with van der Waals surface area (Å²) in [5, 5.41) is 20.8. The highest BCUT2D eigenvalue weighted by atomic mass is 32.2. The van der Waals surface area contributed by atoms with Gasteiger partial charge in [0, 0.05) is 5.41 Å². The van der Waals surface area contributed by atoms with Crippen molar-refractivity contribution in [2.24, 2.45) is 11.3 Å². The number of thioether (sulfide) groups is 1. The van der Waals surface area contributed by atoms with Crippen molar-refractivity contribution in [3.63, 3.8) is 0 Å². The summed E-state index contributed by atoms with van der Waals surface area (Å²) in [6.45, 7) is 2.41. The van der Waals surface area contributed by atoms with E-state index in [0.29, 0.717) is 0 Å². The minimum absolute atomic E-state index is 0.168. The van der Waals surface area contributed by atoms with Gasteiger partial charge in [0.2, 0.25) is 0 Å². The molecule has 0 spiro atoms. The molecule has 2 N–H and O–H groups in total. The van der Waals surface area contributed by atoms with Gasteiger partial charge >= 0.3 is 0 Å². The summed E-state index contributed by atoms with van der Waals surface area (Å²) in [7, 11) is 0. The van der Waals surface area contributed by atoms with Crippen LogP contribution >= 0.6 is 11.8 Å². The second-order valence-electron chi connectivity index (χ2n) is 5.93. The number of rotatable bonds is 3. The molecule has 2 aliphatic rings. The summed E-state index contributed by atoms with van der Waals surface area (Å²) < 4.78 is 0. The highest BCUT2D eigenvalue weighted by Crippen LogP contribution is 2.51. The Balaban J connectivity index is 2.08. The van der Waals surface area contributed by atoms with E-state index in [4.69, 9.17) is 0 Å². The molecule has 0 aromatic heterocycles. The maximum Gasteiger partial charge on any atom is 0.0726 e. The van der Waals surface area contributed by atoms with E-state index in [1.165, 1.54) is 6.42 Å². The fourth-order valence-corrected chi connectivity index (χ4v) is 4.90. The van der Waals surface area contributed by atoms with Crippen LogP contribution in [0, 0.1) is 11.3 Å². The molecular weight excluding hydrogens is 232 g/mol. The zero-order valence-electron chi connectivity index (χ0n) is 11.0. The Morgan fingerprint density at radius 3 is 2.18 bits per heavy atom. The third-order valence-electron chi connectivity index (χ3n) is 5.25. The molecule has 2 rings (SSSR count). The topological polar surface area (TPSA) is 40.5 Å². The van der Waals surface area contributed by atoms with Gasteiger partial charge in [-0.3, -0.25) is 0 Å². The zero-order chi connectivity index (χ0) is 12.4. The molecule has 0 aromatic rings. The molecule has 1 aliphatic carbocycles. The predicted octanol–water partition coefficient (Wildman–Crippen LogP) is 2.82. The van der Waals surface area contributed by atoms with Gasteiger partial charge in [0.15, 0.2) is 0 Å². The second-order valence-corrected chi connectivity index (χ2v) is 7.16. The highest BCUT2D eigenvalue weighted by Gasteiger charge is 2.51. The van der Waals surface area contributed by atoms with E-state index in [-0.39, 0.29) is 12.0 Å². The Labute approximate surface area is 109 Å². The lowest BCUT2D eigenvalue weighted by atomic mass is 9.61. The SMILES string of the molecule is CCC1CCC(O)(C2(CO)CCSCC2)CC1. The first kappa shape index (κ1) is 13.7. The molecule has 0 radical (unpaired) electrons. The van der Waals surface area contributed by atoms with E-state index >= 15 is 0 Å². The highest BCUT2D eigenvalue weighted by molar-refractivity contribution is 7.99. The number of hydrogen-bond acceptors (Lipinski definition) is 3. The Bertz CT molecular complexity index is 241. The van der Waals surface area contributed by atoms with Crippen molar-refractivity contribution in [2.75, 3.05) is 18.1 Å². The van der Waals surface area contributed by atoms with E-state index in [1.54, 1.807) is 0 Å². The Morgan fingerprint density at radius 2 is 1.71 bits per heavy atom. The standard InChI is InChI=1S/C14H26O2S/c1-2-12-3-5-14(16,6-4-12)13(11-15)7-9-17-10-8-13/h12,15-16H,2-11H2,1H3. The van der Waals surface area contributed by atoms with Crippen LogP contribution in [0.15, 0.2) is 0 Å². The second kappa shape index (κ2) is 5.50. The molecule has 0 unspecified atom stereocenters. The molecule has 0 bridgehead atoms. The normalized spacial score (nSPS) is 37.9. The molecule has 0 amide bonds. The van der Waals surface area contributed by atoms with Crippen LogP contribution in [0.5, 0.6) is 0 Å². The quantitative estimate of drug-likeness (QED) is 0.818. The Kier molecular flexibility index (Phi) is 4.43. The first-order chi connectivity index (χ1) is 8.16. The number of hydrogen-bond donors (Lipinski definition) is 2. The first-order valence-corrected chi connectivity index (χ1v) is 8.22. The van der Waals surface area contributed by atoms with Crippen LogP contribution in [0.1, 0.15) is 51.9 Å². The molecular formula is C14H26O2S. The van der Waals surface area contributed by atoms with Gasteiger partial charge in [0.05, 0.1) is 12.2 Å². The van der Waals surface area contributed by atoms with Crippen LogP contribution in [0.3, 0.4) is 0 Å². The van der Waals surface area contributed by atoms with Crippen molar-refractivity contribution in [1.29, 1.82) is 0 Å². The summed E-state index contributed by atoms with van der Waals surface area (Å²) in [5.41, 5.74) is -0.786. The molecule has 2 fully saturated rings. The summed E-state index contributed by atoms with van der Waals surface area (Å²) in [5.74, 6) is 2.99. The van der Waals surface area contributed by atoms with Gasteiger partial charge in [-0.25, -0.2) is 0 Å². The monoisotopic (exact) mass is 258 g/mol. The minimum atomic E-state index is -0.589. The molecule has 100 valence electrons. The molecule has 1 saturated heterocycles. The van der Waals surface area contributed by atoms with Crippen molar-refractivity contribution in [2.45, 2.75) is 57.5 Å². The molecule has 0 atom stereocenters.